The second-order valence-corrected chi connectivity index (χ2v) is 9.81. The van der Waals surface area contributed by atoms with Gasteiger partial charge in [0.15, 0.2) is 5.11 Å². The number of rotatable bonds is 5. The van der Waals surface area contributed by atoms with Gasteiger partial charge in [-0.3, -0.25) is 10.1 Å². The molecule has 0 aliphatic rings. The van der Waals surface area contributed by atoms with E-state index >= 15 is 0 Å². The number of amides is 1. The number of halogens is 3. The number of aromatic nitrogens is 3. The highest BCUT2D eigenvalue weighted by Crippen LogP contribution is 2.34. The minimum absolute atomic E-state index is 0.127. The fraction of sp³-hybridized carbons (Fsp3) is 0.0370. The lowest BCUT2D eigenvalue weighted by molar-refractivity contribution is -0.115. The van der Waals surface area contributed by atoms with Gasteiger partial charge in [-0.15, -0.1) is 10.2 Å². The Kier molecular flexibility index (Phi) is 7.49. The monoisotopic (exact) mass is 581 g/mol. The highest BCUT2D eigenvalue weighted by Gasteiger charge is 2.11. The molecule has 0 aliphatic carbocycles. The standard InChI is InChI=1S/C27H18Cl3N5O2S/c1-15-5-7-17(14-21(15)29)35-33-22-10-6-16(13-23(22)34-35)31-27(38)32-25(36)12-9-18-8-11-24(37-18)19-3-2-4-20(28)26(19)30/h2-14H,1H3,(H2,31,32,36,38). The maximum atomic E-state index is 12.4. The molecule has 0 fully saturated rings. The molecule has 7 nitrogen and oxygen atoms in total. The summed E-state index contributed by atoms with van der Waals surface area (Å²) in [5, 5.41) is 16.2. The second-order valence-electron chi connectivity index (χ2n) is 8.21. The summed E-state index contributed by atoms with van der Waals surface area (Å²) >= 11 is 23.8. The molecule has 11 heteroatoms. The highest BCUT2D eigenvalue weighted by atomic mass is 35.5. The number of carbonyl (C=O) groups is 1. The van der Waals surface area contributed by atoms with Crippen LogP contribution in [0.2, 0.25) is 15.1 Å². The van der Waals surface area contributed by atoms with Crippen LogP contribution in [0, 0.1) is 6.92 Å². The first kappa shape index (κ1) is 25.9. The van der Waals surface area contributed by atoms with Crippen LogP contribution in [0.3, 0.4) is 0 Å². The Hall–Kier alpha value is -3.69. The van der Waals surface area contributed by atoms with Crippen LogP contribution in [0.4, 0.5) is 5.69 Å². The molecule has 0 saturated heterocycles. The normalized spacial score (nSPS) is 11.3. The van der Waals surface area contributed by atoms with Crippen LogP contribution in [0.1, 0.15) is 11.3 Å². The number of furan rings is 1. The summed E-state index contributed by atoms with van der Waals surface area (Å²) < 4.78 is 5.76. The van der Waals surface area contributed by atoms with E-state index in [1.54, 1.807) is 42.5 Å². The van der Waals surface area contributed by atoms with Crippen molar-refractivity contribution in [2.75, 3.05) is 5.32 Å². The lowest BCUT2D eigenvalue weighted by Crippen LogP contribution is -2.32. The first-order chi connectivity index (χ1) is 18.3. The molecule has 0 bridgehead atoms. The zero-order valence-electron chi connectivity index (χ0n) is 19.7. The Morgan fingerprint density at radius 1 is 0.974 bits per heavy atom. The molecule has 5 rings (SSSR count). The van der Waals surface area contributed by atoms with Crippen molar-refractivity contribution in [3.63, 3.8) is 0 Å². The van der Waals surface area contributed by atoms with E-state index in [1.165, 1.54) is 16.9 Å². The minimum Gasteiger partial charge on any atom is -0.457 e. The Bertz CT molecular complexity index is 1730. The van der Waals surface area contributed by atoms with E-state index in [2.05, 4.69) is 20.8 Å². The average molecular weight is 583 g/mol. The molecule has 2 heterocycles. The number of aryl methyl sites for hydroxylation is 1. The molecule has 190 valence electrons. The van der Waals surface area contributed by atoms with Crippen LogP contribution in [0.25, 0.3) is 34.1 Å². The molecule has 2 aromatic heterocycles. The number of benzene rings is 3. The number of hydrogen-bond donors (Lipinski definition) is 2. The lowest BCUT2D eigenvalue weighted by Gasteiger charge is -2.07. The van der Waals surface area contributed by atoms with Crippen molar-refractivity contribution in [1.82, 2.24) is 20.3 Å². The molecule has 3 aromatic carbocycles. The third-order valence-electron chi connectivity index (χ3n) is 5.50. The Morgan fingerprint density at radius 3 is 2.61 bits per heavy atom. The molecule has 0 unspecified atom stereocenters. The van der Waals surface area contributed by atoms with Gasteiger partial charge in [0.1, 0.15) is 22.6 Å². The van der Waals surface area contributed by atoms with Gasteiger partial charge in [-0.2, -0.15) is 4.80 Å². The predicted molar refractivity (Wildman–Crippen MR) is 156 cm³/mol. The molecule has 0 aliphatic heterocycles. The fourth-order valence-electron chi connectivity index (χ4n) is 3.57. The van der Waals surface area contributed by atoms with E-state index in [0.29, 0.717) is 48.9 Å². The molecule has 1 amide bonds. The Labute approximate surface area is 238 Å². The maximum Gasteiger partial charge on any atom is 0.250 e. The third kappa shape index (κ3) is 5.74. The van der Waals surface area contributed by atoms with Gasteiger partial charge < -0.3 is 9.73 Å². The van der Waals surface area contributed by atoms with Crippen molar-refractivity contribution < 1.29 is 9.21 Å². The van der Waals surface area contributed by atoms with Crippen molar-refractivity contribution >= 4 is 80.8 Å². The lowest BCUT2D eigenvalue weighted by atomic mass is 10.2. The van der Waals surface area contributed by atoms with Crippen LogP contribution in [-0.2, 0) is 4.79 Å². The molecule has 2 N–H and O–H groups in total. The summed E-state index contributed by atoms with van der Waals surface area (Å²) in [6, 6.07) is 19.8. The van der Waals surface area contributed by atoms with Gasteiger partial charge >= 0.3 is 0 Å². The van der Waals surface area contributed by atoms with Crippen molar-refractivity contribution in [2.45, 2.75) is 6.92 Å². The number of thiocarbonyl (C=S) groups is 1. The van der Waals surface area contributed by atoms with Gasteiger partial charge in [0, 0.05) is 22.3 Å². The van der Waals surface area contributed by atoms with Gasteiger partial charge in [-0.1, -0.05) is 46.9 Å². The van der Waals surface area contributed by atoms with E-state index in [0.717, 1.165) is 11.3 Å². The number of nitrogens with one attached hydrogen (secondary N) is 2. The summed E-state index contributed by atoms with van der Waals surface area (Å²) in [6.45, 7) is 1.93. The Morgan fingerprint density at radius 2 is 1.79 bits per heavy atom. The highest BCUT2D eigenvalue weighted by molar-refractivity contribution is 7.80. The number of fused-ring (bicyclic) bond motifs is 1. The van der Waals surface area contributed by atoms with Crippen LogP contribution < -0.4 is 10.6 Å². The van der Waals surface area contributed by atoms with Gasteiger partial charge in [-0.25, -0.2) is 0 Å². The summed E-state index contributed by atoms with van der Waals surface area (Å²) in [5.74, 6) is 0.575. The van der Waals surface area contributed by atoms with Gasteiger partial charge in [0.05, 0.1) is 15.7 Å². The van der Waals surface area contributed by atoms with Crippen LogP contribution in [0.5, 0.6) is 0 Å². The second kappa shape index (κ2) is 11.0. The van der Waals surface area contributed by atoms with Gasteiger partial charge in [0.25, 0.3) is 0 Å². The summed E-state index contributed by atoms with van der Waals surface area (Å²) in [4.78, 5) is 13.9. The topological polar surface area (TPSA) is 85.0 Å². The van der Waals surface area contributed by atoms with Crippen LogP contribution in [-0.4, -0.2) is 26.0 Å². The Balaban J connectivity index is 1.21. The first-order valence-corrected chi connectivity index (χ1v) is 12.8. The summed E-state index contributed by atoms with van der Waals surface area (Å²) in [5.41, 5.74) is 4.37. The van der Waals surface area contributed by atoms with Gasteiger partial charge in [-0.05, 0) is 85.4 Å². The predicted octanol–water partition coefficient (Wildman–Crippen LogP) is 7.48. The number of nitrogens with zero attached hydrogens (tertiary/aromatic N) is 3. The number of anilines is 1. The average Bonchev–Trinajstić information content (AvgIpc) is 3.53. The smallest absolute Gasteiger partial charge is 0.250 e. The van der Waals surface area contributed by atoms with Crippen molar-refractivity contribution in [1.29, 1.82) is 0 Å². The third-order valence-corrected chi connectivity index (χ3v) is 6.93. The molecular weight excluding hydrogens is 565 g/mol. The van der Waals surface area contributed by atoms with E-state index in [9.17, 15) is 4.79 Å². The molecule has 38 heavy (non-hydrogen) atoms. The van der Waals surface area contributed by atoms with Crippen molar-refractivity contribution in [3.05, 3.63) is 99.2 Å². The zero-order chi connectivity index (χ0) is 26.8. The molecular formula is C27H18Cl3N5O2S. The maximum absolute atomic E-state index is 12.4. The van der Waals surface area contributed by atoms with Crippen molar-refractivity contribution in [2.24, 2.45) is 0 Å². The van der Waals surface area contributed by atoms with E-state index in [1.807, 2.05) is 31.2 Å². The first-order valence-electron chi connectivity index (χ1n) is 11.2. The molecule has 0 radical (unpaired) electrons. The zero-order valence-corrected chi connectivity index (χ0v) is 22.8. The van der Waals surface area contributed by atoms with E-state index < -0.39 is 5.91 Å². The number of hydrogen-bond acceptors (Lipinski definition) is 5. The van der Waals surface area contributed by atoms with Crippen LogP contribution in [0.15, 0.2) is 77.2 Å². The SMILES string of the molecule is Cc1ccc(-n2nc3ccc(NC(=S)NC(=O)C=Cc4ccc(-c5cccc(Cl)c5Cl)o4)cc3n2)cc1Cl. The summed E-state index contributed by atoms with van der Waals surface area (Å²) in [6.07, 6.45) is 2.85. The van der Waals surface area contributed by atoms with E-state index in [-0.39, 0.29) is 5.11 Å². The van der Waals surface area contributed by atoms with E-state index in [4.69, 9.17) is 51.4 Å². The van der Waals surface area contributed by atoms with Crippen LogP contribution >= 0.6 is 47.0 Å². The molecule has 0 atom stereocenters. The quantitative estimate of drug-likeness (QED) is 0.165. The number of carbonyl (C=O) groups excluding carboxylic acids is 1. The minimum atomic E-state index is -0.426. The fourth-order valence-corrected chi connectivity index (χ4v) is 4.36. The largest absolute Gasteiger partial charge is 0.457 e. The van der Waals surface area contributed by atoms with Gasteiger partial charge in [0.2, 0.25) is 5.91 Å². The molecule has 0 saturated carbocycles. The molecule has 0 spiro atoms. The summed E-state index contributed by atoms with van der Waals surface area (Å²) in [7, 11) is 0. The van der Waals surface area contributed by atoms with Crippen molar-refractivity contribution in [3.8, 4) is 17.0 Å². The molecule has 5 aromatic rings.